The van der Waals surface area contributed by atoms with Gasteiger partial charge in [-0.25, -0.2) is 4.98 Å². The molecule has 0 aliphatic carbocycles. The van der Waals surface area contributed by atoms with Gasteiger partial charge in [-0.1, -0.05) is 0 Å². The Hall–Kier alpha value is -2.05. The van der Waals surface area contributed by atoms with Crippen molar-refractivity contribution in [1.82, 2.24) is 19.4 Å². The Morgan fingerprint density at radius 2 is 2.18 bits per heavy atom. The summed E-state index contributed by atoms with van der Waals surface area (Å²) in [5.74, 6) is 1.56. The van der Waals surface area contributed by atoms with Crippen molar-refractivity contribution in [2.24, 2.45) is 0 Å². The second-order valence-corrected chi connectivity index (χ2v) is 5.66. The summed E-state index contributed by atoms with van der Waals surface area (Å²) in [5, 5.41) is 4.44. The van der Waals surface area contributed by atoms with E-state index in [0.717, 1.165) is 35.7 Å². The lowest BCUT2D eigenvalue weighted by Crippen LogP contribution is -2.18. The second kappa shape index (κ2) is 6.37. The smallest absolute Gasteiger partial charge is 0.226 e. The van der Waals surface area contributed by atoms with Gasteiger partial charge in [0.1, 0.15) is 17.2 Å². The molecule has 0 saturated carbocycles. The molecule has 3 rings (SSSR count). The summed E-state index contributed by atoms with van der Waals surface area (Å²) in [6.07, 6.45) is 3.66. The maximum atomic E-state index is 6.07. The van der Waals surface area contributed by atoms with E-state index >= 15 is 0 Å². The number of fused-ring (bicyclic) bond motifs is 1. The predicted molar refractivity (Wildman–Crippen MR) is 87.1 cm³/mol. The SMILES string of the molecule is CN(C)CCn1ccc2c(NCc3ccco3)nc(Cl)nc21. The van der Waals surface area contributed by atoms with E-state index in [1.165, 1.54) is 0 Å². The average molecular weight is 320 g/mol. The molecular formula is C15H18ClN5O. The summed E-state index contributed by atoms with van der Waals surface area (Å²) in [7, 11) is 4.09. The molecule has 0 spiro atoms. The molecule has 3 heterocycles. The highest BCUT2D eigenvalue weighted by Gasteiger charge is 2.11. The molecule has 0 aliphatic heterocycles. The number of rotatable bonds is 6. The van der Waals surface area contributed by atoms with E-state index in [9.17, 15) is 0 Å². The fourth-order valence-corrected chi connectivity index (χ4v) is 2.41. The zero-order chi connectivity index (χ0) is 15.5. The summed E-state index contributed by atoms with van der Waals surface area (Å²) in [4.78, 5) is 10.8. The van der Waals surface area contributed by atoms with Crippen LogP contribution in [-0.2, 0) is 13.1 Å². The van der Waals surface area contributed by atoms with Crippen LogP contribution in [-0.4, -0.2) is 40.1 Å². The number of halogens is 1. The minimum atomic E-state index is 0.235. The van der Waals surface area contributed by atoms with Gasteiger partial charge < -0.3 is 19.2 Å². The van der Waals surface area contributed by atoms with Crippen LogP contribution in [0.5, 0.6) is 0 Å². The first-order valence-corrected chi connectivity index (χ1v) is 7.44. The standard InChI is InChI=1S/C15H18ClN5O/c1-20(2)7-8-21-6-5-12-13(18-15(16)19-14(12)21)17-10-11-4-3-9-22-11/h3-6,9H,7-8,10H2,1-2H3,(H,17,18,19). The Bertz CT molecular complexity index is 751. The normalized spacial score (nSPS) is 11.5. The maximum Gasteiger partial charge on any atom is 0.226 e. The third kappa shape index (κ3) is 3.23. The summed E-state index contributed by atoms with van der Waals surface area (Å²) in [6.45, 7) is 2.33. The number of furan rings is 1. The largest absolute Gasteiger partial charge is 0.467 e. The van der Waals surface area contributed by atoms with E-state index in [4.69, 9.17) is 16.0 Å². The third-order valence-electron chi connectivity index (χ3n) is 3.39. The zero-order valence-corrected chi connectivity index (χ0v) is 13.3. The van der Waals surface area contributed by atoms with Gasteiger partial charge >= 0.3 is 0 Å². The van der Waals surface area contributed by atoms with Crippen LogP contribution >= 0.6 is 11.6 Å². The first-order chi connectivity index (χ1) is 10.6. The highest BCUT2D eigenvalue weighted by atomic mass is 35.5. The van der Waals surface area contributed by atoms with Crippen LogP contribution in [0.4, 0.5) is 5.82 Å². The maximum absolute atomic E-state index is 6.07. The van der Waals surface area contributed by atoms with Crippen molar-refractivity contribution >= 4 is 28.5 Å². The molecule has 0 fully saturated rings. The predicted octanol–water partition coefficient (Wildman–Crippen LogP) is 2.85. The first-order valence-electron chi connectivity index (χ1n) is 7.07. The Kier molecular flexibility index (Phi) is 4.31. The Balaban J connectivity index is 1.86. The topological polar surface area (TPSA) is 59.1 Å². The van der Waals surface area contributed by atoms with E-state index in [1.807, 2.05) is 38.5 Å². The average Bonchev–Trinajstić information content (AvgIpc) is 3.12. The van der Waals surface area contributed by atoms with Gasteiger partial charge in [-0.3, -0.25) is 0 Å². The third-order valence-corrected chi connectivity index (χ3v) is 3.56. The molecule has 0 amide bonds. The number of hydrogen-bond donors (Lipinski definition) is 1. The monoisotopic (exact) mass is 319 g/mol. The van der Waals surface area contributed by atoms with E-state index < -0.39 is 0 Å². The second-order valence-electron chi connectivity index (χ2n) is 5.32. The summed E-state index contributed by atoms with van der Waals surface area (Å²) in [5.41, 5.74) is 0.837. The molecule has 0 bridgehead atoms. The van der Waals surface area contributed by atoms with Crippen LogP contribution in [0.25, 0.3) is 11.0 Å². The fourth-order valence-electron chi connectivity index (χ4n) is 2.25. The number of nitrogens with zero attached hydrogens (tertiary/aromatic N) is 4. The molecule has 22 heavy (non-hydrogen) atoms. The van der Waals surface area contributed by atoms with Gasteiger partial charge in [0.15, 0.2) is 0 Å². The minimum Gasteiger partial charge on any atom is -0.467 e. The van der Waals surface area contributed by atoms with Crippen LogP contribution < -0.4 is 5.32 Å². The fraction of sp³-hybridized carbons (Fsp3) is 0.333. The number of nitrogens with one attached hydrogen (secondary N) is 1. The van der Waals surface area contributed by atoms with Crippen LogP contribution in [0, 0.1) is 0 Å². The summed E-state index contributed by atoms with van der Waals surface area (Å²) < 4.78 is 7.40. The highest BCUT2D eigenvalue weighted by Crippen LogP contribution is 2.24. The van der Waals surface area contributed by atoms with Gasteiger partial charge in [-0.2, -0.15) is 4.98 Å². The highest BCUT2D eigenvalue weighted by molar-refractivity contribution is 6.28. The van der Waals surface area contributed by atoms with Crippen LogP contribution in [0.1, 0.15) is 5.76 Å². The molecule has 0 atom stereocenters. The van der Waals surface area contributed by atoms with Gasteiger partial charge in [0.25, 0.3) is 0 Å². The molecule has 3 aromatic rings. The number of anilines is 1. The molecule has 1 N–H and O–H groups in total. The lowest BCUT2D eigenvalue weighted by atomic mass is 10.3. The number of aromatic nitrogens is 3. The van der Waals surface area contributed by atoms with Crippen molar-refractivity contribution in [1.29, 1.82) is 0 Å². The minimum absolute atomic E-state index is 0.235. The molecule has 0 unspecified atom stereocenters. The lowest BCUT2D eigenvalue weighted by molar-refractivity contribution is 0.386. The molecule has 6 nitrogen and oxygen atoms in total. The van der Waals surface area contributed by atoms with Crippen molar-refractivity contribution in [3.8, 4) is 0 Å². The molecule has 0 saturated heterocycles. The molecular weight excluding hydrogens is 302 g/mol. The zero-order valence-electron chi connectivity index (χ0n) is 12.6. The lowest BCUT2D eigenvalue weighted by Gasteiger charge is -2.11. The molecule has 0 aliphatic rings. The van der Waals surface area contributed by atoms with Crippen LogP contribution in [0.3, 0.4) is 0 Å². The number of hydrogen-bond acceptors (Lipinski definition) is 5. The van der Waals surface area contributed by atoms with Crippen LogP contribution in [0.2, 0.25) is 5.28 Å². The first kappa shape index (κ1) is 14.9. The van der Waals surface area contributed by atoms with Crippen LogP contribution in [0.15, 0.2) is 35.1 Å². The Labute approximate surface area is 133 Å². The van der Waals surface area contributed by atoms with Crippen molar-refractivity contribution in [2.75, 3.05) is 26.0 Å². The van der Waals surface area contributed by atoms with Gasteiger partial charge in [0, 0.05) is 19.3 Å². The molecule has 116 valence electrons. The molecule has 3 aromatic heterocycles. The molecule has 0 aromatic carbocycles. The van der Waals surface area contributed by atoms with Crippen molar-refractivity contribution in [2.45, 2.75) is 13.1 Å². The Morgan fingerprint density at radius 1 is 1.32 bits per heavy atom. The van der Waals surface area contributed by atoms with Gasteiger partial charge in [-0.05, 0) is 43.9 Å². The summed E-state index contributed by atoms with van der Waals surface area (Å²) >= 11 is 6.07. The van der Waals surface area contributed by atoms with E-state index in [2.05, 4.69) is 24.8 Å². The van der Waals surface area contributed by atoms with Gasteiger partial charge in [-0.15, -0.1) is 0 Å². The van der Waals surface area contributed by atoms with Crippen molar-refractivity contribution in [3.05, 3.63) is 41.7 Å². The van der Waals surface area contributed by atoms with E-state index in [-0.39, 0.29) is 5.28 Å². The summed E-state index contributed by atoms with van der Waals surface area (Å²) in [6, 6.07) is 5.78. The molecule has 0 radical (unpaired) electrons. The van der Waals surface area contributed by atoms with Gasteiger partial charge in [0.2, 0.25) is 5.28 Å². The van der Waals surface area contributed by atoms with E-state index in [1.54, 1.807) is 6.26 Å². The molecule has 7 heteroatoms. The van der Waals surface area contributed by atoms with Crippen molar-refractivity contribution in [3.63, 3.8) is 0 Å². The van der Waals surface area contributed by atoms with E-state index in [0.29, 0.717) is 6.54 Å². The van der Waals surface area contributed by atoms with Crippen molar-refractivity contribution < 1.29 is 4.42 Å². The number of likely N-dealkylation sites (N-methyl/N-ethyl adjacent to an activating group) is 1. The quantitative estimate of drug-likeness (QED) is 0.708. The Morgan fingerprint density at radius 3 is 2.91 bits per heavy atom. The van der Waals surface area contributed by atoms with Gasteiger partial charge in [0.05, 0.1) is 18.2 Å².